The van der Waals surface area contributed by atoms with Crippen LogP contribution in [0.3, 0.4) is 0 Å². The Morgan fingerprint density at radius 2 is 2.05 bits per heavy atom. The van der Waals surface area contributed by atoms with E-state index >= 15 is 0 Å². The maximum absolute atomic E-state index is 12.2. The summed E-state index contributed by atoms with van der Waals surface area (Å²) in [4.78, 5) is 25.9. The predicted molar refractivity (Wildman–Crippen MR) is 78.3 cm³/mol. The minimum absolute atomic E-state index is 0.107. The highest BCUT2D eigenvalue weighted by Gasteiger charge is 2.30. The first kappa shape index (κ1) is 15.8. The highest BCUT2D eigenvalue weighted by molar-refractivity contribution is 5.90. The van der Waals surface area contributed by atoms with E-state index in [1.165, 1.54) is 4.68 Å². The third kappa shape index (κ3) is 3.53. The van der Waals surface area contributed by atoms with Crippen molar-refractivity contribution in [2.45, 2.75) is 0 Å². The Morgan fingerprint density at radius 3 is 2.64 bits per heavy atom. The van der Waals surface area contributed by atoms with Crippen molar-refractivity contribution in [1.29, 1.82) is 0 Å². The number of carbonyl (C=O) groups is 1. The number of nitrogens with zero attached hydrogens (tertiary/aromatic N) is 2. The van der Waals surface area contributed by atoms with Crippen molar-refractivity contribution in [2.24, 2.45) is 0 Å². The molecule has 1 amide bonds. The van der Waals surface area contributed by atoms with Crippen LogP contribution in [0.25, 0.3) is 5.69 Å². The molecule has 2 N–H and O–H groups in total. The molecule has 2 aromatic rings. The number of likely N-dealkylation sites (N-methyl/N-ethyl adjacent to an activating group) is 1. The van der Waals surface area contributed by atoms with Gasteiger partial charge in [-0.05, 0) is 36.2 Å². The number of amides is 1. The molecule has 2 rings (SSSR count). The van der Waals surface area contributed by atoms with E-state index in [0.717, 1.165) is 0 Å². The number of H-pyrrole nitrogens is 1. The number of rotatable bonds is 6. The summed E-state index contributed by atoms with van der Waals surface area (Å²) in [6.45, 7) is 1.10. The van der Waals surface area contributed by atoms with Gasteiger partial charge >= 0.3 is 17.2 Å². The number of nitrogens with one attached hydrogen (secondary N) is 2. The minimum atomic E-state index is -0.724. The van der Waals surface area contributed by atoms with Crippen LogP contribution in [-0.4, -0.2) is 50.4 Å². The average Bonchev–Trinajstić information content (AvgIpc) is 2.88. The van der Waals surface area contributed by atoms with Gasteiger partial charge in [-0.25, -0.2) is 4.79 Å². The van der Waals surface area contributed by atoms with Gasteiger partial charge in [0.15, 0.2) is 0 Å². The second kappa shape index (κ2) is 6.90. The second-order valence-corrected chi connectivity index (χ2v) is 4.92. The lowest BCUT2D eigenvalue weighted by atomic mass is 10.3. The molecule has 0 unspecified atom stereocenters. The van der Waals surface area contributed by atoms with Gasteiger partial charge < -0.3 is 15.0 Å². The largest absolute Gasteiger partial charge is 0.497 e. The predicted octanol–water partition coefficient (Wildman–Crippen LogP) is -0.455. The van der Waals surface area contributed by atoms with E-state index < -0.39 is 11.5 Å². The summed E-state index contributed by atoms with van der Waals surface area (Å²) in [6, 6.07) is 6.87. The molecule has 22 heavy (non-hydrogen) atoms. The first-order valence-corrected chi connectivity index (χ1v) is 6.74. The van der Waals surface area contributed by atoms with Gasteiger partial charge in [-0.2, -0.15) is 0 Å². The molecule has 0 spiro atoms. The van der Waals surface area contributed by atoms with E-state index in [1.807, 2.05) is 19.0 Å². The van der Waals surface area contributed by atoms with Crippen LogP contribution in [0.4, 0.5) is 0 Å². The standard InChI is InChI=1S/C14H18N4O4/c1-17(2)9-8-15-13(19)12-14(20)22-16-18(12)10-4-6-11(21-3)7-5-10/h4-7H,8-9H2,1-3H3,(H-,15,16,19,20)/p+1. The van der Waals surface area contributed by atoms with Crippen LogP contribution < -0.4 is 20.4 Å². The molecule has 0 bridgehead atoms. The SMILES string of the molecule is COc1ccc(-[n+]2[nH]oc(=O)c2C(=O)NCCN(C)C)cc1. The molecule has 0 radical (unpaired) electrons. The summed E-state index contributed by atoms with van der Waals surface area (Å²) < 4.78 is 11.1. The van der Waals surface area contributed by atoms with Gasteiger partial charge in [0.05, 0.1) is 7.11 Å². The molecular weight excluding hydrogens is 288 g/mol. The van der Waals surface area contributed by atoms with Gasteiger partial charge in [-0.15, -0.1) is 0 Å². The summed E-state index contributed by atoms with van der Waals surface area (Å²) in [6.07, 6.45) is 0. The van der Waals surface area contributed by atoms with E-state index in [0.29, 0.717) is 24.5 Å². The van der Waals surface area contributed by atoms with Crippen LogP contribution in [0.15, 0.2) is 33.6 Å². The van der Waals surface area contributed by atoms with Crippen molar-refractivity contribution >= 4 is 5.91 Å². The summed E-state index contributed by atoms with van der Waals surface area (Å²) in [5.74, 6) is 0.180. The Morgan fingerprint density at radius 1 is 1.36 bits per heavy atom. The van der Waals surface area contributed by atoms with Crippen LogP contribution >= 0.6 is 0 Å². The highest BCUT2D eigenvalue weighted by atomic mass is 16.5. The molecular formula is C14H19N4O4+. The van der Waals surface area contributed by atoms with Crippen molar-refractivity contribution in [3.63, 3.8) is 0 Å². The third-order valence-corrected chi connectivity index (χ3v) is 3.04. The Balaban J connectivity index is 2.23. The lowest BCUT2D eigenvalue weighted by Crippen LogP contribution is -2.45. The number of benzene rings is 1. The van der Waals surface area contributed by atoms with E-state index in [9.17, 15) is 9.59 Å². The van der Waals surface area contributed by atoms with Gasteiger partial charge in [0.25, 0.3) is 0 Å². The van der Waals surface area contributed by atoms with Crippen molar-refractivity contribution in [1.82, 2.24) is 15.5 Å². The molecule has 0 aliphatic heterocycles. The van der Waals surface area contributed by atoms with Gasteiger partial charge in [-0.1, -0.05) is 0 Å². The quantitative estimate of drug-likeness (QED) is 0.705. The Bertz CT molecular complexity index is 688. The Hall–Kier alpha value is -2.61. The number of hydrogen-bond donors (Lipinski definition) is 2. The van der Waals surface area contributed by atoms with Crippen LogP contribution in [0.5, 0.6) is 5.75 Å². The summed E-state index contributed by atoms with van der Waals surface area (Å²) >= 11 is 0. The van der Waals surface area contributed by atoms with Gasteiger partial charge in [-0.3, -0.25) is 9.32 Å². The monoisotopic (exact) mass is 307 g/mol. The zero-order valence-corrected chi connectivity index (χ0v) is 12.8. The summed E-state index contributed by atoms with van der Waals surface area (Å²) in [5, 5.41) is 5.11. The van der Waals surface area contributed by atoms with Gasteiger partial charge in [0.2, 0.25) is 5.69 Å². The molecule has 0 saturated carbocycles. The first-order chi connectivity index (χ1) is 10.5. The molecule has 0 aliphatic rings. The van der Waals surface area contributed by atoms with Crippen molar-refractivity contribution in [3.05, 3.63) is 40.4 Å². The number of hydrogen-bond acceptors (Lipinski definition) is 5. The first-order valence-electron chi connectivity index (χ1n) is 6.74. The maximum atomic E-state index is 12.2. The molecule has 0 atom stereocenters. The third-order valence-electron chi connectivity index (χ3n) is 3.04. The van der Waals surface area contributed by atoms with Crippen LogP contribution in [0.1, 0.15) is 10.5 Å². The van der Waals surface area contributed by atoms with E-state index in [1.54, 1.807) is 31.4 Å². The number of aromatic nitrogens is 2. The van der Waals surface area contributed by atoms with Crippen molar-refractivity contribution in [2.75, 3.05) is 34.3 Å². The number of methoxy groups -OCH3 is 1. The lowest BCUT2D eigenvalue weighted by molar-refractivity contribution is -0.672. The molecule has 0 saturated heterocycles. The van der Waals surface area contributed by atoms with Crippen molar-refractivity contribution in [3.8, 4) is 11.4 Å². The van der Waals surface area contributed by atoms with E-state index in [2.05, 4.69) is 10.6 Å². The molecule has 1 aromatic carbocycles. The molecule has 0 fully saturated rings. The Labute approximate surface area is 127 Å². The second-order valence-electron chi connectivity index (χ2n) is 4.92. The van der Waals surface area contributed by atoms with Crippen LogP contribution in [0, 0.1) is 0 Å². The topological polar surface area (TPSA) is 91.5 Å². The zero-order chi connectivity index (χ0) is 16.1. The zero-order valence-electron chi connectivity index (χ0n) is 12.8. The normalized spacial score (nSPS) is 10.7. The fourth-order valence-corrected chi connectivity index (χ4v) is 1.86. The molecule has 0 aliphatic carbocycles. The minimum Gasteiger partial charge on any atom is -0.497 e. The number of carbonyl (C=O) groups excluding carboxylic acids is 1. The van der Waals surface area contributed by atoms with E-state index in [-0.39, 0.29) is 5.69 Å². The maximum Gasteiger partial charge on any atom is 0.441 e. The van der Waals surface area contributed by atoms with Crippen molar-refractivity contribution < 1.29 is 18.7 Å². The lowest BCUT2D eigenvalue weighted by Gasteiger charge is -2.08. The molecule has 118 valence electrons. The number of ether oxygens (including phenoxy) is 1. The Kier molecular flexibility index (Phi) is 4.95. The highest BCUT2D eigenvalue weighted by Crippen LogP contribution is 2.10. The fourth-order valence-electron chi connectivity index (χ4n) is 1.86. The fraction of sp³-hybridized carbons (Fsp3) is 0.357. The summed E-state index contributed by atoms with van der Waals surface area (Å²) in [7, 11) is 5.36. The molecule has 1 heterocycles. The molecule has 8 nitrogen and oxygen atoms in total. The molecule has 8 heteroatoms. The smallest absolute Gasteiger partial charge is 0.441 e. The summed E-state index contributed by atoms with van der Waals surface area (Å²) in [5.41, 5.74) is -0.244. The van der Waals surface area contributed by atoms with E-state index in [4.69, 9.17) is 9.26 Å². The van der Waals surface area contributed by atoms with Gasteiger partial charge in [0.1, 0.15) is 5.75 Å². The van der Waals surface area contributed by atoms with Crippen LogP contribution in [0.2, 0.25) is 0 Å². The molecule has 1 aromatic heterocycles. The van der Waals surface area contributed by atoms with Crippen LogP contribution in [-0.2, 0) is 0 Å². The van der Waals surface area contributed by atoms with Gasteiger partial charge in [0, 0.05) is 25.2 Å². The average molecular weight is 307 g/mol. The number of aromatic amines is 1.